The fourth-order valence-electron chi connectivity index (χ4n) is 1.40. The van der Waals surface area contributed by atoms with Crippen molar-refractivity contribution in [3.8, 4) is 5.75 Å². The summed E-state index contributed by atoms with van der Waals surface area (Å²) in [5.74, 6) is -0.0890. The molecule has 0 aliphatic rings. The summed E-state index contributed by atoms with van der Waals surface area (Å²) < 4.78 is 5.11. The maximum atomic E-state index is 11.6. The van der Waals surface area contributed by atoms with E-state index in [1.807, 2.05) is 30.3 Å². The number of ether oxygens (including phenoxy) is 1. The first-order valence-corrected chi connectivity index (χ1v) is 5.83. The number of halogens is 1. The monoisotopic (exact) mass is 258 g/mol. The van der Waals surface area contributed by atoms with E-state index in [1.165, 1.54) is 6.08 Å². The number of esters is 1. The zero-order valence-corrected chi connectivity index (χ0v) is 10.3. The lowest BCUT2D eigenvalue weighted by Crippen LogP contribution is -2.03. The third kappa shape index (κ3) is 3.47. The first-order valence-electron chi connectivity index (χ1n) is 5.45. The Labute approximate surface area is 110 Å². The first-order chi connectivity index (χ1) is 8.75. The van der Waals surface area contributed by atoms with Gasteiger partial charge in [-0.15, -0.1) is 0 Å². The van der Waals surface area contributed by atoms with Crippen molar-refractivity contribution in [2.75, 3.05) is 0 Å². The van der Waals surface area contributed by atoms with Crippen molar-refractivity contribution in [2.45, 2.75) is 0 Å². The van der Waals surface area contributed by atoms with E-state index in [-0.39, 0.29) is 0 Å². The summed E-state index contributed by atoms with van der Waals surface area (Å²) in [5, 5.41) is 0.416. The SMILES string of the molecule is O=C(C=Cc1ccccc1)Oc1ccccc1Cl. The first kappa shape index (κ1) is 12.4. The Hall–Kier alpha value is -2.06. The molecule has 2 rings (SSSR count). The van der Waals surface area contributed by atoms with Gasteiger partial charge in [-0.05, 0) is 23.8 Å². The molecule has 0 saturated carbocycles. The van der Waals surface area contributed by atoms with Gasteiger partial charge in [-0.1, -0.05) is 54.1 Å². The van der Waals surface area contributed by atoms with Gasteiger partial charge in [0.2, 0.25) is 0 Å². The van der Waals surface area contributed by atoms with Gasteiger partial charge < -0.3 is 4.74 Å². The average molecular weight is 259 g/mol. The Balaban J connectivity index is 2.02. The van der Waals surface area contributed by atoms with Crippen molar-refractivity contribution in [3.05, 3.63) is 71.3 Å². The molecule has 0 aliphatic carbocycles. The van der Waals surface area contributed by atoms with Crippen molar-refractivity contribution >= 4 is 23.6 Å². The predicted molar refractivity (Wildman–Crippen MR) is 72.6 cm³/mol. The van der Waals surface area contributed by atoms with Crippen molar-refractivity contribution in [2.24, 2.45) is 0 Å². The summed E-state index contributed by atoms with van der Waals surface area (Å²) in [7, 11) is 0. The second-order valence-corrected chi connectivity index (χ2v) is 4.00. The highest BCUT2D eigenvalue weighted by Gasteiger charge is 2.03. The minimum absolute atomic E-state index is 0.363. The Bertz CT molecular complexity index is 562. The molecule has 90 valence electrons. The molecule has 0 saturated heterocycles. The molecule has 0 spiro atoms. The summed E-state index contributed by atoms with van der Waals surface area (Å²) in [5.41, 5.74) is 0.939. The van der Waals surface area contributed by atoms with E-state index in [0.717, 1.165) is 5.56 Å². The minimum atomic E-state index is -0.452. The van der Waals surface area contributed by atoms with Crippen molar-refractivity contribution in [3.63, 3.8) is 0 Å². The largest absolute Gasteiger partial charge is 0.422 e. The number of carbonyl (C=O) groups is 1. The molecule has 0 bridgehead atoms. The molecule has 0 heterocycles. The van der Waals surface area contributed by atoms with Crippen LogP contribution in [0.25, 0.3) is 6.08 Å². The molecule has 18 heavy (non-hydrogen) atoms. The molecule has 2 nitrogen and oxygen atoms in total. The number of hydrogen-bond acceptors (Lipinski definition) is 2. The van der Waals surface area contributed by atoms with Gasteiger partial charge in [0.1, 0.15) is 5.75 Å². The average Bonchev–Trinajstić information content (AvgIpc) is 2.40. The Morgan fingerprint density at radius 2 is 1.67 bits per heavy atom. The number of carbonyl (C=O) groups excluding carboxylic acids is 1. The standard InChI is InChI=1S/C15H11ClO2/c16-13-8-4-5-9-14(13)18-15(17)11-10-12-6-2-1-3-7-12/h1-11H. The van der Waals surface area contributed by atoms with Gasteiger partial charge in [0, 0.05) is 6.08 Å². The molecule has 3 heteroatoms. The Kier molecular flexibility index (Phi) is 4.15. The third-order valence-corrected chi connectivity index (χ3v) is 2.57. The lowest BCUT2D eigenvalue weighted by molar-refractivity contribution is -0.128. The molecule has 0 aromatic heterocycles. The molecule has 0 amide bonds. The van der Waals surface area contributed by atoms with E-state index in [0.29, 0.717) is 10.8 Å². The van der Waals surface area contributed by atoms with Crippen molar-refractivity contribution in [1.29, 1.82) is 0 Å². The van der Waals surface area contributed by atoms with E-state index >= 15 is 0 Å². The van der Waals surface area contributed by atoms with E-state index in [2.05, 4.69) is 0 Å². The summed E-state index contributed by atoms with van der Waals surface area (Å²) in [6, 6.07) is 16.4. The van der Waals surface area contributed by atoms with Crippen LogP contribution >= 0.6 is 11.6 Å². The van der Waals surface area contributed by atoms with Crippen LogP contribution in [0.3, 0.4) is 0 Å². The zero-order valence-electron chi connectivity index (χ0n) is 9.55. The molecule has 0 atom stereocenters. The van der Waals surface area contributed by atoms with Crippen LogP contribution in [0, 0.1) is 0 Å². The second-order valence-electron chi connectivity index (χ2n) is 3.60. The Morgan fingerprint density at radius 1 is 1.00 bits per heavy atom. The molecule has 0 fully saturated rings. The van der Waals surface area contributed by atoms with Crippen LogP contribution in [0.1, 0.15) is 5.56 Å². The zero-order chi connectivity index (χ0) is 12.8. The molecule has 0 unspecified atom stereocenters. The van der Waals surface area contributed by atoms with E-state index in [4.69, 9.17) is 16.3 Å². The van der Waals surface area contributed by atoms with E-state index in [1.54, 1.807) is 30.3 Å². The van der Waals surface area contributed by atoms with Crippen molar-refractivity contribution < 1.29 is 9.53 Å². The third-order valence-electron chi connectivity index (χ3n) is 2.26. The van der Waals surface area contributed by atoms with Gasteiger partial charge in [-0.3, -0.25) is 0 Å². The van der Waals surface area contributed by atoms with Gasteiger partial charge >= 0.3 is 5.97 Å². The number of benzene rings is 2. The lowest BCUT2D eigenvalue weighted by atomic mass is 10.2. The van der Waals surface area contributed by atoms with Crippen molar-refractivity contribution in [1.82, 2.24) is 0 Å². The number of hydrogen-bond donors (Lipinski definition) is 0. The van der Waals surface area contributed by atoms with Crippen LogP contribution < -0.4 is 4.74 Å². The highest BCUT2D eigenvalue weighted by molar-refractivity contribution is 6.32. The summed E-state index contributed by atoms with van der Waals surface area (Å²) in [4.78, 5) is 11.6. The summed E-state index contributed by atoms with van der Waals surface area (Å²) in [6.45, 7) is 0. The molecule has 2 aromatic carbocycles. The van der Waals surface area contributed by atoms with Crippen LogP contribution in [0.5, 0.6) is 5.75 Å². The quantitative estimate of drug-likeness (QED) is 0.473. The van der Waals surface area contributed by atoms with Crippen LogP contribution in [-0.4, -0.2) is 5.97 Å². The highest BCUT2D eigenvalue weighted by Crippen LogP contribution is 2.23. The molecule has 0 N–H and O–H groups in total. The number of para-hydroxylation sites is 1. The topological polar surface area (TPSA) is 26.3 Å². The fourth-order valence-corrected chi connectivity index (χ4v) is 1.57. The molecular formula is C15H11ClO2. The molecular weight excluding hydrogens is 248 g/mol. The normalized spacial score (nSPS) is 10.5. The maximum Gasteiger partial charge on any atom is 0.336 e. The maximum absolute atomic E-state index is 11.6. The van der Waals surface area contributed by atoms with Gasteiger partial charge in [0.25, 0.3) is 0 Å². The molecule has 0 aliphatic heterocycles. The summed E-state index contributed by atoms with van der Waals surface area (Å²) in [6.07, 6.45) is 3.07. The van der Waals surface area contributed by atoms with Crippen LogP contribution in [-0.2, 0) is 4.79 Å². The van der Waals surface area contributed by atoms with Gasteiger partial charge in [0.15, 0.2) is 0 Å². The molecule has 0 radical (unpaired) electrons. The highest BCUT2D eigenvalue weighted by atomic mass is 35.5. The van der Waals surface area contributed by atoms with Gasteiger partial charge in [-0.2, -0.15) is 0 Å². The molecule has 2 aromatic rings. The van der Waals surface area contributed by atoms with Gasteiger partial charge in [0.05, 0.1) is 5.02 Å². The fraction of sp³-hybridized carbons (Fsp3) is 0. The second kappa shape index (κ2) is 6.03. The summed E-state index contributed by atoms with van der Waals surface area (Å²) >= 11 is 5.88. The van der Waals surface area contributed by atoms with E-state index in [9.17, 15) is 4.79 Å². The number of rotatable bonds is 3. The minimum Gasteiger partial charge on any atom is -0.422 e. The van der Waals surface area contributed by atoms with E-state index < -0.39 is 5.97 Å². The Morgan fingerprint density at radius 3 is 2.39 bits per heavy atom. The lowest BCUT2D eigenvalue weighted by Gasteiger charge is -2.02. The van der Waals surface area contributed by atoms with Crippen LogP contribution in [0.4, 0.5) is 0 Å². The van der Waals surface area contributed by atoms with Crippen LogP contribution in [0.2, 0.25) is 5.02 Å². The van der Waals surface area contributed by atoms with Crippen LogP contribution in [0.15, 0.2) is 60.7 Å². The van der Waals surface area contributed by atoms with Gasteiger partial charge in [-0.25, -0.2) is 4.79 Å². The predicted octanol–water partition coefficient (Wildman–Crippen LogP) is 3.96. The smallest absolute Gasteiger partial charge is 0.336 e.